The molecule has 43 heavy (non-hydrogen) atoms. The molecule has 2 aromatic carbocycles. The molecule has 0 spiro atoms. The van der Waals surface area contributed by atoms with Crippen molar-refractivity contribution in [3.63, 3.8) is 0 Å². The summed E-state index contributed by atoms with van der Waals surface area (Å²) >= 11 is 6.63. The molecule has 6 rings (SSSR count). The average molecular weight is 603 g/mol. The Morgan fingerprint density at radius 1 is 1.00 bits per heavy atom. The molecule has 0 radical (unpaired) electrons. The van der Waals surface area contributed by atoms with Gasteiger partial charge in [0.2, 0.25) is 6.41 Å². The maximum atomic E-state index is 11.1. The van der Waals surface area contributed by atoms with Crippen LogP contribution in [0.1, 0.15) is 61.2 Å². The fourth-order valence-corrected chi connectivity index (χ4v) is 6.21. The molecule has 0 saturated carbocycles. The van der Waals surface area contributed by atoms with Crippen LogP contribution in [-0.4, -0.2) is 72.0 Å². The van der Waals surface area contributed by atoms with E-state index in [2.05, 4.69) is 51.8 Å². The van der Waals surface area contributed by atoms with Gasteiger partial charge in [0.15, 0.2) is 0 Å². The molecule has 2 N–H and O–H groups in total. The van der Waals surface area contributed by atoms with Crippen LogP contribution < -0.4 is 10.6 Å². The van der Waals surface area contributed by atoms with E-state index in [0.717, 1.165) is 76.6 Å². The van der Waals surface area contributed by atoms with Gasteiger partial charge < -0.3 is 20.4 Å². The lowest BCUT2D eigenvalue weighted by molar-refractivity contribution is -0.118. The molecule has 7 nitrogen and oxygen atoms in total. The van der Waals surface area contributed by atoms with Crippen molar-refractivity contribution in [1.82, 2.24) is 30.3 Å². The number of hydrogen-bond donors (Lipinski definition) is 2. The van der Waals surface area contributed by atoms with Crippen LogP contribution in [0.5, 0.6) is 0 Å². The highest BCUT2D eigenvalue weighted by atomic mass is 35.5. The van der Waals surface area contributed by atoms with Crippen LogP contribution in [0.4, 0.5) is 0 Å². The third-order valence-electron chi connectivity index (χ3n) is 7.99. The van der Waals surface area contributed by atoms with Gasteiger partial charge in [-0.15, -0.1) is 0 Å². The molecule has 3 aliphatic rings. The predicted octanol–water partition coefficient (Wildman–Crippen LogP) is 5.61. The third kappa shape index (κ3) is 9.05. The largest absolute Gasteiger partial charge is 0.370 e. The first-order valence-corrected chi connectivity index (χ1v) is 16.1. The monoisotopic (exact) mass is 602 g/mol. The zero-order chi connectivity index (χ0) is 30.4. The van der Waals surface area contributed by atoms with Crippen molar-refractivity contribution in [1.29, 1.82) is 0 Å². The molecule has 1 saturated heterocycles. The van der Waals surface area contributed by atoms with Gasteiger partial charge in [0, 0.05) is 68.9 Å². The van der Waals surface area contributed by atoms with Crippen molar-refractivity contribution in [3.8, 4) is 0 Å². The zero-order valence-corrected chi connectivity index (χ0v) is 26.7. The lowest BCUT2D eigenvalue weighted by atomic mass is 9.96. The van der Waals surface area contributed by atoms with E-state index in [4.69, 9.17) is 16.6 Å². The van der Waals surface area contributed by atoms with E-state index >= 15 is 0 Å². The van der Waals surface area contributed by atoms with E-state index in [9.17, 15) is 4.79 Å². The molecule has 1 aliphatic carbocycles. The maximum Gasteiger partial charge on any atom is 0.210 e. The quantitative estimate of drug-likeness (QED) is 0.327. The van der Waals surface area contributed by atoms with Crippen molar-refractivity contribution in [2.45, 2.75) is 52.6 Å². The molecule has 1 unspecified atom stereocenters. The second-order valence-electron chi connectivity index (χ2n) is 10.9. The number of carbonyl (C=O) groups is 1. The second kappa shape index (κ2) is 17.0. The average Bonchev–Trinajstić information content (AvgIpc) is 3.39. The van der Waals surface area contributed by atoms with Gasteiger partial charge in [-0.05, 0) is 60.6 Å². The topological polar surface area (TPSA) is 63.7 Å². The number of benzene rings is 2. The van der Waals surface area contributed by atoms with Crippen molar-refractivity contribution < 1.29 is 4.79 Å². The number of aryl methyl sites for hydroxylation is 2. The molecule has 1 fully saturated rings. The van der Waals surface area contributed by atoms with Crippen LogP contribution in [-0.2, 0) is 24.2 Å². The molecule has 0 bridgehead atoms. The van der Waals surface area contributed by atoms with Crippen LogP contribution in [0.3, 0.4) is 0 Å². The molecular weight excluding hydrogens is 556 g/mol. The van der Waals surface area contributed by atoms with Crippen molar-refractivity contribution in [2.75, 3.05) is 45.9 Å². The summed E-state index contributed by atoms with van der Waals surface area (Å²) in [6.07, 6.45) is 8.04. The first-order valence-electron chi connectivity index (χ1n) is 15.7. The minimum Gasteiger partial charge on any atom is -0.370 e. The van der Waals surface area contributed by atoms with Crippen LogP contribution >= 0.6 is 11.6 Å². The van der Waals surface area contributed by atoms with Crippen molar-refractivity contribution in [3.05, 3.63) is 112 Å². The lowest BCUT2D eigenvalue weighted by Crippen LogP contribution is -2.45. The Bertz CT molecular complexity index is 1310. The summed E-state index contributed by atoms with van der Waals surface area (Å²) in [7, 11) is 0. The van der Waals surface area contributed by atoms with Crippen LogP contribution in [0, 0.1) is 0 Å². The molecule has 1 atom stereocenters. The Morgan fingerprint density at radius 3 is 2.47 bits per heavy atom. The number of nitrogens with zero attached hydrogens (tertiary/aromatic N) is 4. The molecule has 3 heterocycles. The van der Waals surface area contributed by atoms with Crippen molar-refractivity contribution in [2.24, 2.45) is 0 Å². The van der Waals surface area contributed by atoms with Gasteiger partial charge in [-0.2, -0.15) is 0 Å². The Morgan fingerprint density at radius 2 is 1.74 bits per heavy atom. The number of amides is 1. The van der Waals surface area contributed by atoms with Gasteiger partial charge in [0.1, 0.15) is 0 Å². The normalized spacial score (nSPS) is 17.4. The predicted molar refractivity (Wildman–Crippen MR) is 177 cm³/mol. The number of carbonyl (C=O) groups excluding carboxylic acids is 1. The van der Waals surface area contributed by atoms with Gasteiger partial charge in [-0.25, -0.2) is 0 Å². The smallest absolute Gasteiger partial charge is 0.210 e. The van der Waals surface area contributed by atoms with Gasteiger partial charge in [-0.3, -0.25) is 14.7 Å². The summed E-state index contributed by atoms with van der Waals surface area (Å²) in [5, 5.41) is 7.58. The number of aromatic nitrogens is 1. The Hall–Kier alpha value is -3.39. The fraction of sp³-hybridized carbons (Fsp3) is 0.429. The molecular formula is C35H47ClN6O. The number of pyridine rings is 1. The summed E-state index contributed by atoms with van der Waals surface area (Å²) in [6, 6.07) is 20.9. The number of piperazine rings is 1. The van der Waals surface area contributed by atoms with Gasteiger partial charge in [0.25, 0.3) is 0 Å². The van der Waals surface area contributed by atoms with Crippen LogP contribution in [0.15, 0.2) is 78.8 Å². The Balaban J connectivity index is 0.000000188. The number of halogens is 1. The van der Waals surface area contributed by atoms with Crippen molar-refractivity contribution >= 4 is 18.0 Å². The standard InChI is InChI=1S/C18H20ClN3.C15H21N3O.C2H6/c19-15-5-1-3-13-6-7-14-4-2-8-21-17(14)18(16(13)15)22-11-9-20-10-12-22;1-14-10-17(12-16-14)8-5-9-18(13-19)11-15-6-3-2-4-7-15;1-2/h1-5,8,18,20H,6-7,9-12H2;2-4,6-7,10,13,16H,5,8-9,11-12H2,1H3;1-2H3. The molecule has 2 aliphatic heterocycles. The highest BCUT2D eigenvalue weighted by Crippen LogP contribution is 2.39. The number of fused-ring (bicyclic) bond motifs is 2. The van der Waals surface area contributed by atoms with E-state index in [0.29, 0.717) is 6.54 Å². The Kier molecular flexibility index (Phi) is 12.9. The Labute approximate surface area is 262 Å². The van der Waals surface area contributed by atoms with Gasteiger partial charge >= 0.3 is 0 Å². The lowest BCUT2D eigenvalue weighted by Gasteiger charge is -2.36. The second-order valence-corrected chi connectivity index (χ2v) is 11.3. The summed E-state index contributed by atoms with van der Waals surface area (Å²) in [5.41, 5.74) is 7.57. The minimum absolute atomic E-state index is 0.185. The number of rotatable bonds is 8. The van der Waals surface area contributed by atoms with E-state index in [1.807, 2.05) is 67.4 Å². The number of hydrogen-bond acceptors (Lipinski definition) is 6. The zero-order valence-electron chi connectivity index (χ0n) is 25.9. The highest BCUT2D eigenvalue weighted by Gasteiger charge is 2.32. The third-order valence-corrected chi connectivity index (χ3v) is 8.32. The van der Waals surface area contributed by atoms with E-state index in [-0.39, 0.29) is 6.04 Å². The summed E-state index contributed by atoms with van der Waals surface area (Å²) in [6.45, 7) is 13.5. The molecule has 230 valence electrons. The van der Waals surface area contributed by atoms with Gasteiger partial charge in [-0.1, -0.05) is 74.0 Å². The molecule has 3 aromatic rings. The first kappa shape index (κ1) is 32.5. The maximum absolute atomic E-state index is 11.1. The first-order chi connectivity index (χ1) is 21.1. The number of allylic oxidation sites excluding steroid dienone is 1. The van der Waals surface area contributed by atoms with Crippen LogP contribution in [0.2, 0.25) is 5.02 Å². The summed E-state index contributed by atoms with van der Waals surface area (Å²) in [5.74, 6) is 0. The molecule has 8 heteroatoms. The molecule has 1 aromatic heterocycles. The van der Waals surface area contributed by atoms with E-state index in [1.165, 1.54) is 33.6 Å². The minimum atomic E-state index is 0.185. The van der Waals surface area contributed by atoms with E-state index < -0.39 is 0 Å². The fourth-order valence-electron chi connectivity index (χ4n) is 5.92. The molecule has 1 amide bonds. The summed E-state index contributed by atoms with van der Waals surface area (Å²) in [4.78, 5) is 22.4. The number of nitrogens with one attached hydrogen (secondary N) is 2. The highest BCUT2D eigenvalue weighted by molar-refractivity contribution is 6.31. The SMILES string of the molecule is CC.CC1=CN(CCCN(C=O)Cc2ccccc2)CN1.Clc1cccc2c1C(N1CCNCC1)c1ncccc1CC2. The van der Waals surface area contributed by atoms with Crippen LogP contribution in [0.25, 0.3) is 0 Å². The van der Waals surface area contributed by atoms with E-state index in [1.54, 1.807) is 0 Å². The summed E-state index contributed by atoms with van der Waals surface area (Å²) < 4.78 is 0. The van der Waals surface area contributed by atoms with Gasteiger partial charge in [0.05, 0.1) is 18.4 Å².